The van der Waals surface area contributed by atoms with Crippen LogP contribution in [0.3, 0.4) is 0 Å². The Morgan fingerprint density at radius 3 is 2.65 bits per heavy atom. The molecule has 1 aliphatic rings. The number of nitrogens with one attached hydrogen (secondary N) is 2. The summed E-state index contributed by atoms with van der Waals surface area (Å²) in [5.74, 6) is -1.06. The van der Waals surface area contributed by atoms with Crippen molar-refractivity contribution in [2.24, 2.45) is 5.92 Å². The van der Waals surface area contributed by atoms with Gasteiger partial charge >= 0.3 is 0 Å². The lowest BCUT2D eigenvalue weighted by atomic mass is 9.96. The van der Waals surface area contributed by atoms with Gasteiger partial charge in [0.2, 0.25) is 5.91 Å². The van der Waals surface area contributed by atoms with E-state index in [1.165, 1.54) is 24.3 Å². The summed E-state index contributed by atoms with van der Waals surface area (Å²) in [5.41, 5.74) is 6.61. The number of hydrazine groups is 1. The Bertz CT molecular complexity index is 798. The fraction of sp³-hybridized carbons (Fsp3) is 0.263. The van der Waals surface area contributed by atoms with Crippen molar-refractivity contribution >= 4 is 29.1 Å². The fourth-order valence-corrected chi connectivity index (χ4v) is 3.14. The number of halogens is 2. The van der Waals surface area contributed by atoms with Gasteiger partial charge in [0.15, 0.2) is 0 Å². The molecule has 1 fully saturated rings. The predicted molar refractivity (Wildman–Crippen MR) is 98.2 cm³/mol. The summed E-state index contributed by atoms with van der Waals surface area (Å²) in [4.78, 5) is 26.6. The molecule has 0 radical (unpaired) electrons. The summed E-state index contributed by atoms with van der Waals surface area (Å²) in [5, 5.41) is 0.568. The van der Waals surface area contributed by atoms with Crippen LogP contribution in [0.25, 0.3) is 0 Å². The maximum Gasteiger partial charge on any atom is 0.253 e. The summed E-state index contributed by atoms with van der Waals surface area (Å²) in [7, 11) is 0. The minimum Gasteiger partial charge on any atom is -0.338 e. The number of hydrogen-bond donors (Lipinski definition) is 2. The van der Waals surface area contributed by atoms with Crippen molar-refractivity contribution in [1.82, 2.24) is 10.3 Å². The van der Waals surface area contributed by atoms with Gasteiger partial charge in [-0.1, -0.05) is 17.7 Å². The number of carbonyl (C=O) groups is 2. The van der Waals surface area contributed by atoms with Crippen LogP contribution in [0.5, 0.6) is 0 Å². The highest BCUT2D eigenvalue weighted by Crippen LogP contribution is 2.20. The van der Waals surface area contributed by atoms with E-state index < -0.39 is 0 Å². The largest absolute Gasteiger partial charge is 0.338 e. The van der Waals surface area contributed by atoms with Gasteiger partial charge in [0, 0.05) is 23.7 Å². The molecule has 0 aliphatic carbocycles. The van der Waals surface area contributed by atoms with Crippen LogP contribution in [-0.2, 0) is 4.79 Å². The molecule has 7 heteroatoms. The van der Waals surface area contributed by atoms with Crippen LogP contribution in [0.1, 0.15) is 23.2 Å². The smallest absolute Gasteiger partial charge is 0.253 e. The van der Waals surface area contributed by atoms with Crippen LogP contribution in [0.4, 0.5) is 10.1 Å². The van der Waals surface area contributed by atoms with Gasteiger partial charge in [0.25, 0.3) is 5.91 Å². The van der Waals surface area contributed by atoms with Gasteiger partial charge in [-0.15, -0.1) is 0 Å². The highest BCUT2D eigenvalue weighted by molar-refractivity contribution is 6.30. The number of benzene rings is 2. The van der Waals surface area contributed by atoms with Crippen LogP contribution < -0.4 is 10.9 Å². The minimum atomic E-state index is -0.385. The zero-order chi connectivity index (χ0) is 18.5. The molecule has 2 amide bonds. The van der Waals surface area contributed by atoms with Gasteiger partial charge in [-0.2, -0.15) is 0 Å². The number of piperidine rings is 1. The summed E-state index contributed by atoms with van der Waals surface area (Å²) < 4.78 is 13.0. The third-order valence-electron chi connectivity index (χ3n) is 4.33. The zero-order valence-electron chi connectivity index (χ0n) is 14.0. The molecule has 1 atom stereocenters. The highest BCUT2D eigenvalue weighted by Gasteiger charge is 2.29. The second-order valence-corrected chi connectivity index (χ2v) is 6.66. The molecule has 5 nitrogen and oxygen atoms in total. The molecule has 1 aliphatic heterocycles. The lowest BCUT2D eigenvalue weighted by molar-refractivity contribution is -0.125. The topological polar surface area (TPSA) is 61.4 Å². The molecule has 136 valence electrons. The van der Waals surface area contributed by atoms with E-state index in [0.29, 0.717) is 35.8 Å². The second kappa shape index (κ2) is 8.19. The van der Waals surface area contributed by atoms with Gasteiger partial charge in [0.05, 0.1) is 11.6 Å². The molecular weight excluding hydrogens is 357 g/mol. The van der Waals surface area contributed by atoms with E-state index in [0.717, 1.165) is 6.42 Å². The summed E-state index contributed by atoms with van der Waals surface area (Å²) in [6.07, 6.45) is 1.44. The van der Waals surface area contributed by atoms with Gasteiger partial charge in [-0.25, -0.2) is 4.39 Å². The molecule has 1 saturated heterocycles. The Hall–Kier alpha value is -2.60. The van der Waals surface area contributed by atoms with Crippen LogP contribution in [0, 0.1) is 11.7 Å². The standard InChI is InChI=1S/C19H19ClFN3O2/c20-15-4-1-5-17(11-15)22-23-18(25)14-3-2-10-24(12-14)19(26)13-6-8-16(21)9-7-13/h1,4-9,11,14,22H,2-3,10,12H2,(H,23,25). The van der Waals surface area contributed by atoms with E-state index in [2.05, 4.69) is 10.9 Å². The Kier molecular flexibility index (Phi) is 5.73. The lowest BCUT2D eigenvalue weighted by Crippen LogP contribution is -2.46. The van der Waals surface area contributed by atoms with Crippen LogP contribution >= 0.6 is 11.6 Å². The molecule has 0 bridgehead atoms. The number of nitrogens with zero attached hydrogens (tertiary/aromatic N) is 1. The van der Waals surface area contributed by atoms with Crippen molar-refractivity contribution in [3.05, 3.63) is 64.9 Å². The first-order valence-corrected chi connectivity index (χ1v) is 8.77. The highest BCUT2D eigenvalue weighted by atomic mass is 35.5. The average molecular weight is 376 g/mol. The molecule has 1 heterocycles. The van der Waals surface area contributed by atoms with Crippen molar-refractivity contribution in [2.75, 3.05) is 18.5 Å². The van der Waals surface area contributed by atoms with Crippen molar-refractivity contribution in [3.63, 3.8) is 0 Å². The maximum absolute atomic E-state index is 13.0. The maximum atomic E-state index is 13.0. The Morgan fingerprint density at radius 2 is 1.92 bits per heavy atom. The number of amides is 2. The number of likely N-dealkylation sites (tertiary alicyclic amines) is 1. The van der Waals surface area contributed by atoms with E-state index >= 15 is 0 Å². The molecule has 2 aromatic rings. The number of anilines is 1. The van der Waals surface area contributed by atoms with E-state index in [9.17, 15) is 14.0 Å². The normalized spacial score (nSPS) is 16.8. The molecule has 0 aromatic heterocycles. The first kappa shape index (κ1) is 18.2. The van der Waals surface area contributed by atoms with Gasteiger partial charge in [-0.3, -0.25) is 20.4 Å². The summed E-state index contributed by atoms with van der Waals surface area (Å²) in [6.45, 7) is 0.918. The van der Waals surface area contributed by atoms with E-state index in [-0.39, 0.29) is 23.5 Å². The molecule has 3 rings (SSSR count). The predicted octanol–water partition coefficient (Wildman–Crippen LogP) is 3.47. The number of rotatable bonds is 4. The van der Waals surface area contributed by atoms with E-state index in [4.69, 9.17) is 11.6 Å². The third kappa shape index (κ3) is 4.52. The Balaban J connectivity index is 1.58. The van der Waals surface area contributed by atoms with E-state index in [1.807, 2.05) is 0 Å². The molecule has 2 aromatic carbocycles. The molecule has 1 unspecified atom stereocenters. The van der Waals surface area contributed by atoms with Gasteiger partial charge < -0.3 is 4.90 Å². The van der Waals surface area contributed by atoms with Crippen LogP contribution in [0.15, 0.2) is 48.5 Å². The molecule has 2 N–H and O–H groups in total. The summed E-state index contributed by atoms with van der Waals surface area (Å²) >= 11 is 5.91. The monoisotopic (exact) mass is 375 g/mol. The first-order chi connectivity index (χ1) is 12.5. The molecular formula is C19H19ClFN3O2. The zero-order valence-corrected chi connectivity index (χ0v) is 14.8. The molecule has 26 heavy (non-hydrogen) atoms. The number of hydrogen-bond acceptors (Lipinski definition) is 3. The van der Waals surface area contributed by atoms with Crippen molar-refractivity contribution < 1.29 is 14.0 Å². The minimum absolute atomic E-state index is 0.179. The second-order valence-electron chi connectivity index (χ2n) is 6.22. The Morgan fingerprint density at radius 1 is 1.15 bits per heavy atom. The molecule has 0 spiro atoms. The fourth-order valence-electron chi connectivity index (χ4n) is 2.95. The average Bonchev–Trinajstić information content (AvgIpc) is 2.66. The SMILES string of the molecule is O=C(NNc1cccc(Cl)c1)C1CCCN(C(=O)c2ccc(F)cc2)C1. The Labute approximate surface area is 156 Å². The molecule has 0 saturated carbocycles. The third-order valence-corrected chi connectivity index (χ3v) is 4.56. The van der Waals surface area contributed by atoms with Gasteiger partial charge in [-0.05, 0) is 55.3 Å². The van der Waals surface area contributed by atoms with Crippen LogP contribution in [0.2, 0.25) is 5.02 Å². The van der Waals surface area contributed by atoms with Crippen LogP contribution in [-0.4, -0.2) is 29.8 Å². The van der Waals surface area contributed by atoms with Crippen molar-refractivity contribution in [1.29, 1.82) is 0 Å². The van der Waals surface area contributed by atoms with Crippen molar-refractivity contribution in [3.8, 4) is 0 Å². The van der Waals surface area contributed by atoms with Gasteiger partial charge in [0.1, 0.15) is 5.82 Å². The van der Waals surface area contributed by atoms with Crippen molar-refractivity contribution in [2.45, 2.75) is 12.8 Å². The van der Waals surface area contributed by atoms with E-state index in [1.54, 1.807) is 29.2 Å². The first-order valence-electron chi connectivity index (χ1n) is 8.39. The lowest BCUT2D eigenvalue weighted by Gasteiger charge is -2.32. The number of carbonyl (C=O) groups excluding carboxylic acids is 2. The summed E-state index contributed by atoms with van der Waals surface area (Å²) in [6, 6.07) is 12.5. The quantitative estimate of drug-likeness (QED) is 0.804.